The van der Waals surface area contributed by atoms with E-state index in [0.29, 0.717) is 5.56 Å². The summed E-state index contributed by atoms with van der Waals surface area (Å²) in [7, 11) is 1.88. The molecule has 1 aromatic rings. The van der Waals surface area contributed by atoms with Crippen molar-refractivity contribution in [3.05, 3.63) is 32.7 Å². The lowest BCUT2D eigenvalue weighted by Crippen LogP contribution is -2.46. The minimum Gasteiger partial charge on any atom is -0.337 e. The van der Waals surface area contributed by atoms with E-state index in [1.165, 1.54) is 0 Å². The van der Waals surface area contributed by atoms with Crippen molar-refractivity contribution in [3.8, 4) is 0 Å². The molecule has 0 bridgehead atoms. The number of piperidine rings is 1. The zero-order chi connectivity index (χ0) is 13.1. The number of rotatable bonds is 2. The van der Waals surface area contributed by atoms with Gasteiger partial charge >= 0.3 is 0 Å². The molecular weight excluding hydrogens is 360 g/mol. The zero-order valence-corrected chi connectivity index (χ0v) is 13.4. The van der Waals surface area contributed by atoms with Crippen molar-refractivity contribution >= 4 is 37.8 Å². The SMILES string of the molecule is CN(C(=O)c1cc(Br)ccc1Br)C1CCCNC1. The van der Waals surface area contributed by atoms with E-state index in [1.54, 1.807) is 0 Å². The number of hydrogen-bond donors (Lipinski definition) is 1. The van der Waals surface area contributed by atoms with E-state index in [4.69, 9.17) is 0 Å². The van der Waals surface area contributed by atoms with Crippen molar-refractivity contribution < 1.29 is 4.79 Å². The molecule has 1 fully saturated rings. The molecule has 1 atom stereocenters. The Morgan fingerprint density at radius 1 is 1.44 bits per heavy atom. The van der Waals surface area contributed by atoms with Gasteiger partial charge in [0.25, 0.3) is 5.91 Å². The number of nitrogens with one attached hydrogen (secondary N) is 1. The Kier molecular flexibility index (Phi) is 4.81. The van der Waals surface area contributed by atoms with Gasteiger partial charge in [-0.3, -0.25) is 4.79 Å². The highest BCUT2D eigenvalue weighted by atomic mass is 79.9. The van der Waals surface area contributed by atoms with Gasteiger partial charge in [-0.15, -0.1) is 0 Å². The first kappa shape index (κ1) is 14.0. The fourth-order valence-electron chi connectivity index (χ4n) is 2.18. The van der Waals surface area contributed by atoms with Crippen molar-refractivity contribution in [3.63, 3.8) is 0 Å². The maximum Gasteiger partial charge on any atom is 0.255 e. The Bertz CT molecular complexity index is 445. The molecular formula is C13H16Br2N2O. The maximum absolute atomic E-state index is 12.5. The van der Waals surface area contributed by atoms with Crippen LogP contribution in [0.5, 0.6) is 0 Å². The van der Waals surface area contributed by atoms with Gasteiger partial charge < -0.3 is 10.2 Å². The third kappa shape index (κ3) is 3.13. The Balaban J connectivity index is 2.16. The number of hydrogen-bond acceptors (Lipinski definition) is 2. The van der Waals surface area contributed by atoms with Crippen molar-refractivity contribution in [2.75, 3.05) is 20.1 Å². The predicted octanol–water partition coefficient (Wildman–Crippen LogP) is 3.04. The first-order valence-electron chi connectivity index (χ1n) is 6.02. The molecule has 1 aliphatic rings. The maximum atomic E-state index is 12.5. The molecule has 1 N–H and O–H groups in total. The van der Waals surface area contributed by atoms with E-state index in [0.717, 1.165) is 34.9 Å². The second-order valence-electron chi connectivity index (χ2n) is 4.54. The molecule has 1 unspecified atom stereocenters. The van der Waals surface area contributed by atoms with Crippen molar-refractivity contribution in [1.82, 2.24) is 10.2 Å². The van der Waals surface area contributed by atoms with Crippen LogP contribution in [-0.2, 0) is 0 Å². The molecule has 0 radical (unpaired) electrons. The highest BCUT2D eigenvalue weighted by Gasteiger charge is 2.24. The molecule has 3 nitrogen and oxygen atoms in total. The van der Waals surface area contributed by atoms with Crippen LogP contribution in [0.3, 0.4) is 0 Å². The van der Waals surface area contributed by atoms with Gasteiger partial charge in [-0.25, -0.2) is 0 Å². The van der Waals surface area contributed by atoms with Gasteiger partial charge in [-0.05, 0) is 53.5 Å². The summed E-state index contributed by atoms with van der Waals surface area (Å²) >= 11 is 6.85. The van der Waals surface area contributed by atoms with Crippen LogP contribution in [0.15, 0.2) is 27.1 Å². The summed E-state index contributed by atoms with van der Waals surface area (Å²) < 4.78 is 1.76. The third-order valence-electron chi connectivity index (χ3n) is 3.30. The molecule has 0 aliphatic carbocycles. The molecule has 0 spiro atoms. The second-order valence-corrected chi connectivity index (χ2v) is 6.31. The molecule has 98 valence electrons. The number of amides is 1. The van der Waals surface area contributed by atoms with Crippen molar-refractivity contribution in [2.45, 2.75) is 18.9 Å². The zero-order valence-electron chi connectivity index (χ0n) is 10.2. The lowest BCUT2D eigenvalue weighted by molar-refractivity contribution is 0.0707. The summed E-state index contributed by atoms with van der Waals surface area (Å²) in [5.74, 6) is 0.0666. The topological polar surface area (TPSA) is 32.3 Å². The van der Waals surface area contributed by atoms with Crippen molar-refractivity contribution in [1.29, 1.82) is 0 Å². The fraction of sp³-hybridized carbons (Fsp3) is 0.462. The number of benzene rings is 1. The van der Waals surface area contributed by atoms with Gasteiger partial charge in [0.15, 0.2) is 0 Å². The Hall–Kier alpha value is -0.390. The Morgan fingerprint density at radius 2 is 2.22 bits per heavy atom. The summed E-state index contributed by atoms with van der Waals surface area (Å²) in [6.07, 6.45) is 2.20. The molecule has 1 amide bonds. The lowest BCUT2D eigenvalue weighted by Gasteiger charge is -2.32. The summed E-state index contributed by atoms with van der Waals surface area (Å²) in [6.45, 7) is 1.94. The highest BCUT2D eigenvalue weighted by molar-refractivity contribution is 9.11. The Labute approximate surface area is 124 Å². The van der Waals surface area contributed by atoms with E-state index < -0.39 is 0 Å². The minimum atomic E-state index is 0.0666. The van der Waals surface area contributed by atoms with E-state index in [-0.39, 0.29) is 11.9 Å². The largest absolute Gasteiger partial charge is 0.337 e. The minimum absolute atomic E-state index is 0.0666. The first-order valence-corrected chi connectivity index (χ1v) is 7.61. The molecule has 1 aliphatic heterocycles. The van der Waals surface area contributed by atoms with Crippen LogP contribution in [0.25, 0.3) is 0 Å². The monoisotopic (exact) mass is 374 g/mol. The first-order chi connectivity index (χ1) is 8.59. The number of carbonyl (C=O) groups excluding carboxylic acids is 1. The molecule has 0 saturated carbocycles. The van der Waals surface area contributed by atoms with Crippen LogP contribution in [0.2, 0.25) is 0 Å². The normalized spacial score (nSPS) is 19.6. The lowest BCUT2D eigenvalue weighted by atomic mass is 10.1. The van der Waals surface area contributed by atoms with Crippen LogP contribution < -0.4 is 5.32 Å². The van der Waals surface area contributed by atoms with E-state index in [1.807, 2.05) is 30.1 Å². The molecule has 0 aromatic heterocycles. The summed E-state index contributed by atoms with van der Waals surface area (Å²) in [4.78, 5) is 14.3. The molecule has 1 heterocycles. The van der Waals surface area contributed by atoms with Crippen molar-refractivity contribution in [2.24, 2.45) is 0 Å². The molecule has 1 saturated heterocycles. The quantitative estimate of drug-likeness (QED) is 0.861. The second kappa shape index (κ2) is 6.17. The summed E-state index contributed by atoms with van der Waals surface area (Å²) in [6, 6.07) is 5.96. The standard InChI is InChI=1S/C13H16Br2N2O/c1-17(10-3-2-6-16-8-10)13(18)11-7-9(14)4-5-12(11)15/h4-5,7,10,16H,2-3,6,8H2,1H3. The van der Waals surface area contributed by atoms with Gasteiger partial charge in [0.05, 0.1) is 5.56 Å². The molecule has 18 heavy (non-hydrogen) atoms. The Morgan fingerprint density at radius 3 is 2.89 bits per heavy atom. The van der Waals surface area contributed by atoms with Gasteiger partial charge in [-0.2, -0.15) is 0 Å². The number of likely N-dealkylation sites (N-methyl/N-ethyl adjacent to an activating group) is 1. The van der Waals surface area contributed by atoms with Gasteiger partial charge in [0.2, 0.25) is 0 Å². The van der Waals surface area contributed by atoms with Crippen LogP contribution in [0, 0.1) is 0 Å². The highest BCUT2D eigenvalue weighted by Crippen LogP contribution is 2.24. The van der Waals surface area contributed by atoms with Crippen LogP contribution in [0.1, 0.15) is 23.2 Å². The van der Waals surface area contributed by atoms with Crippen LogP contribution >= 0.6 is 31.9 Å². The molecule has 2 rings (SSSR count). The van der Waals surface area contributed by atoms with Crippen LogP contribution in [-0.4, -0.2) is 37.0 Å². The average Bonchev–Trinajstić information content (AvgIpc) is 2.41. The number of carbonyl (C=O) groups is 1. The van der Waals surface area contributed by atoms with E-state index in [9.17, 15) is 4.79 Å². The predicted molar refractivity (Wildman–Crippen MR) is 79.8 cm³/mol. The van der Waals surface area contributed by atoms with Gasteiger partial charge in [-0.1, -0.05) is 15.9 Å². The van der Waals surface area contributed by atoms with Crippen LogP contribution in [0.4, 0.5) is 0 Å². The fourth-order valence-corrected chi connectivity index (χ4v) is 2.96. The average molecular weight is 376 g/mol. The summed E-state index contributed by atoms with van der Waals surface area (Å²) in [5.41, 5.74) is 0.706. The van der Waals surface area contributed by atoms with Gasteiger partial charge in [0.1, 0.15) is 0 Å². The van der Waals surface area contributed by atoms with Gasteiger partial charge in [0, 0.05) is 28.6 Å². The smallest absolute Gasteiger partial charge is 0.255 e. The molecule has 1 aromatic carbocycles. The summed E-state index contributed by atoms with van der Waals surface area (Å²) in [5, 5.41) is 3.33. The number of halogens is 2. The van der Waals surface area contributed by atoms with E-state index >= 15 is 0 Å². The molecule has 5 heteroatoms. The number of nitrogens with zero attached hydrogens (tertiary/aromatic N) is 1. The van der Waals surface area contributed by atoms with E-state index in [2.05, 4.69) is 37.2 Å². The third-order valence-corrected chi connectivity index (χ3v) is 4.48.